The number of likely N-dealkylation sites (N-methyl/N-ethyl adjacent to an activating group) is 2. The molecule has 0 radical (unpaired) electrons. The third-order valence-electron chi connectivity index (χ3n) is 14.1. The standard InChI is InChI=1S/C53H72N2O13.2ClH/c1-54(24-21-36-31-47(64-9)52(66-11)53(67-12)49(36)40(54)27-34-28-45(62-7)51(65-10)46(29-34)63-8)23-14-26-68-48(57)19-17-38(56)15-13-22-55(2)25-20-35-30-43(60-5)44(61-6)33-39(35)50(55)37-16-18-41(58-3)42(32-37)59-4;;/h16,18,28-33,40,50H,13-15,17,19-27H2,1-12H3;2*1H/q+2;;/p-2. The summed E-state index contributed by atoms with van der Waals surface area (Å²) in [5.41, 5.74) is 6.58. The first-order valence-electron chi connectivity index (χ1n) is 23.2. The van der Waals surface area contributed by atoms with Gasteiger partial charge < -0.3 is 85.9 Å². The summed E-state index contributed by atoms with van der Waals surface area (Å²) in [7, 11) is 20.8. The smallest absolute Gasteiger partial charge is 0.306 e. The van der Waals surface area contributed by atoms with Gasteiger partial charge in [0.2, 0.25) is 11.5 Å². The van der Waals surface area contributed by atoms with Crippen LogP contribution in [0.15, 0.2) is 48.5 Å². The number of fused-ring (bicyclic) bond motifs is 2. The van der Waals surface area contributed by atoms with E-state index in [1.807, 2.05) is 30.3 Å². The second-order valence-electron chi connectivity index (χ2n) is 18.0. The second-order valence-corrected chi connectivity index (χ2v) is 18.0. The van der Waals surface area contributed by atoms with Gasteiger partial charge in [0.1, 0.15) is 17.9 Å². The molecule has 0 saturated heterocycles. The molecule has 15 nitrogen and oxygen atoms in total. The lowest BCUT2D eigenvalue weighted by Gasteiger charge is -2.46. The van der Waals surface area contributed by atoms with Gasteiger partial charge >= 0.3 is 5.97 Å². The summed E-state index contributed by atoms with van der Waals surface area (Å²) in [4.78, 5) is 26.5. The van der Waals surface area contributed by atoms with E-state index in [2.05, 4.69) is 32.3 Å². The van der Waals surface area contributed by atoms with Crippen molar-refractivity contribution < 1.29 is 95.5 Å². The lowest BCUT2D eigenvalue weighted by Crippen LogP contribution is -3.00. The van der Waals surface area contributed by atoms with Crippen molar-refractivity contribution in [3.63, 3.8) is 0 Å². The second kappa shape index (κ2) is 25.6. The van der Waals surface area contributed by atoms with E-state index in [4.69, 9.17) is 52.1 Å². The number of quaternary nitrogens is 2. The number of esters is 1. The summed E-state index contributed by atoms with van der Waals surface area (Å²) in [5.74, 6) is 5.80. The Bertz CT molecular complexity index is 2390. The van der Waals surface area contributed by atoms with E-state index < -0.39 is 0 Å². The summed E-state index contributed by atoms with van der Waals surface area (Å²) >= 11 is 0. The number of methoxy groups -OCH3 is 10. The number of ketones is 1. The molecule has 6 rings (SSSR count). The average Bonchev–Trinajstić information content (AvgIpc) is 3.36. The van der Waals surface area contributed by atoms with Crippen molar-refractivity contribution in [1.29, 1.82) is 0 Å². The summed E-state index contributed by atoms with van der Waals surface area (Å²) in [6, 6.07) is 16.1. The number of benzene rings is 4. The maximum Gasteiger partial charge on any atom is 0.306 e. The van der Waals surface area contributed by atoms with Crippen LogP contribution in [-0.4, -0.2) is 139 Å². The van der Waals surface area contributed by atoms with Crippen LogP contribution in [0.25, 0.3) is 0 Å². The molecule has 0 amide bonds. The van der Waals surface area contributed by atoms with E-state index in [1.54, 1.807) is 71.1 Å². The normalized spacial score (nSPS) is 18.9. The fraction of sp³-hybridized carbons (Fsp3) is 0.509. The van der Waals surface area contributed by atoms with Gasteiger partial charge in [-0.1, -0.05) is 0 Å². The molecule has 2 aliphatic rings. The molecular weight excluding hydrogens is 943 g/mol. The van der Waals surface area contributed by atoms with Gasteiger partial charge in [-0.2, -0.15) is 0 Å². The van der Waals surface area contributed by atoms with E-state index in [0.717, 1.165) is 60.3 Å². The minimum absolute atomic E-state index is 0. The number of halogens is 2. The minimum Gasteiger partial charge on any atom is -1.00 e. The Hall–Kier alpha value is -5.48. The molecule has 386 valence electrons. The van der Waals surface area contributed by atoms with Crippen LogP contribution in [0.2, 0.25) is 0 Å². The molecule has 0 saturated carbocycles. The predicted molar refractivity (Wildman–Crippen MR) is 258 cm³/mol. The van der Waals surface area contributed by atoms with Crippen LogP contribution in [0.5, 0.6) is 57.5 Å². The first kappa shape index (κ1) is 57.1. The summed E-state index contributed by atoms with van der Waals surface area (Å²) in [6.45, 7) is 3.38. The van der Waals surface area contributed by atoms with Crippen molar-refractivity contribution in [2.75, 3.05) is 118 Å². The van der Waals surface area contributed by atoms with Crippen LogP contribution in [-0.2, 0) is 33.6 Å². The zero-order chi connectivity index (χ0) is 49.2. The number of hydrogen-bond acceptors (Lipinski definition) is 13. The molecule has 0 aliphatic carbocycles. The molecular formula is C53H72Cl2N2O13. The molecule has 0 aromatic heterocycles. The highest BCUT2D eigenvalue weighted by Crippen LogP contribution is 2.51. The number of nitrogens with zero attached hydrogens (tertiary/aromatic N) is 2. The van der Waals surface area contributed by atoms with Crippen LogP contribution in [0.4, 0.5) is 0 Å². The van der Waals surface area contributed by atoms with Gasteiger partial charge in [0.25, 0.3) is 0 Å². The molecule has 0 bridgehead atoms. The number of rotatable bonds is 24. The zero-order valence-electron chi connectivity index (χ0n) is 42.9. The maximum absolute atomic E-state index is 13.3. The topological polar surface area (TPSA) is 136 Å². The maximum atomic E-state index is 13.3. The zero-order valence-corrected chi connectivity index (χ0v) is 44.4. The van der Waals surface area contributed by atoms with Crippen molar-refractivity contribution >= 4 is 11.8 Å². The molecule has 2 aliphatic heterocycles. The van der Waals surface area contributed by atoms with Crippen molar-refractivity contribution in [3.05, 3.63) is 81.9 Å². The fourth-order valence-corrected chi connectivity index (χ4v) is 10.5. The number of Topliss-reactive ketones (excluding diaryl/α,β-unsaturated/α-hetero) is 1. The number of carbonyl (C=O) groups excluding carboxylic acids is 2. The van der Waals surface area contributed by atoms with E-state index >= 15 is 0 Å². The fourth-order valence-electron chi connectivity index (χ4n) is 10.5. The molecule has 2 heterocycles. The van der Waals surface area contributed by atoms with Crippen LogP contribution in [0, 0.1) is 0 Å². The Labute approximate surface area is 426 Å². The molecule has 0 N–H and O–H groups in total. The van der Waals surface area contributed by atoms with Gasteiger partial charge in [0, 0.05) is 56.1 Å². The third kappa shape index (κ3) is 12.2. The summed E-state index contributed by atoms with van der Waals surface area (Å²) < 4.78 is 64.6. The van der Waals surface area contributed by atoms with Gasteiger partial charge in [-0.15, -0.1) is 0 Å². The SMILES string of the molecule is COc1ccc(C2c3cc(OC)c(OC)cc3CC[N+]2(C)CCCC(=O)CCC(=O)OCCC[N+]2(C)CCc3cc(OC)c(OC)c(OC)c3C2Cc2cc(OC)c(OC)c(OC)c2)cc1OC.[Cl-].[Cl-]. The molecule has 0 fully saturated rings. The van der Waals surface area contributed by atoms with Crippen LogP contribution >= 0.6 is 0 Å². The molecule has 70 heavy (non-hydrogen) atoms. The number of hydrogen-bond donors (Lipinski definition) is 0. The predicted octanol–water partition coefficient (Wildman–Crippen LogP) is 1.92. The molecule has 4 atom stereocenters. The highest BCUT2D eigenvalue weighted by atomic mass is 35.5. The Balaban J connectivity index is 0.00000533. The summed E-state index contributed by atoms with van der Waals surface area (Å²) in [6.07, 6.45) is 4.05. The lowest BCUT2D eigenvalue weighted by molar-refractivity contribution is -0.941. The van der Waals surface area contributed by atoms with E-state index in [-0.39, 0.29) is 68.1 Å². The molecule has 4 aromatic rings. The molecule has 4 aromatic carbocycles. The Morgan fingerprint density at radius 2 is 1.06 bits per heavy atom. The van der Waals surface area contributed by atoms with Crippen LogP contribution in [0.1, 0.15) is 77.6 Å². The lowest BCUT2D eigenvalue weighted by atomic mass is 9.85. The quantitative estimate of drug-likeness (QED) is 0.0576. The molecule has 17 heteroatoms. The van der Waals surface area contributed by atoms with E-state index in [0.29, 0.717) is 98.7 Å². The Morgan fingerprint density at radius 1 is 0.529 bits per heavy atom. The van der Waals surface area contributed by atoms with Crippen LogP contribution < -0.4 is 72.2 Å². The number of carbonyl (C=O) groups is 2. The van der Waals surface area contributed by atoms with Gasteiger partial charge in [-0.05, 0) is 65.2 Å². The van der Waals surface area contributed by atoms with E-state index in [9.17, 15) is 9.59 Å². The highest BCUT2D eigenvalue weighted by Gasteiger charge is 2.44. The minimum atomic E-state index is -0.373. The van der Waals surface area contributed by atoms with Crippen molar-refractivity contribution in [2.45, 2.75) is 63.5 Å². The van der Waals surface area contributed by atoms with Gasteiger partial charge in [0.15, 0.2) is 46.0 Å². The Morgan fingerprint density at radius 3 is 1.66 bits per heavy atom. The molecule has 4 unspecified atom stereocenters. The van der Waals surface area contributed by atoms with Gasteiger partial charge in [-0.3, -0.25) is 9.59 Å². The van der Waals surface area contributed by atoms with Crippen molar-refractivity contribution in [2.24, 2.45) is 0 Å². The highest BCUT2D eigenvalue weighted by molar-refractivity contribution is 5.82. The van der Waals surface area contributed by atoms with E-state index in [1.165, 1.54) is 5.56 Å². The summed E-state index contributed by atoms with van der Waals surface area (Å²) in [5, 5.41) is 0. The number of ether oxygens (including phenoxy) is 11. The molecule has 0 spiro atoms. The first-order chi connectivity index (χ1) is 32.8. The Kier molecular flexibility index (Phi) is 20.9. The largest absolute Gasteiger partial charge is 1.00 e. The van der Waals surface area contributed by atoms with Gasteiger partial charge in [0.05, 0.1) is 130 Å². The third-order valence-corrected chi connectivity index (χ3v) is 14.1. The van der Waals surface area contributed by atoms with Gasteiger partial charge in [-0.25, -0.2) is 0 Å². The first-order valence-corrected chi connectivity index (χ1v) is 23.2. The average molecular weight is 1020 g/mol. The van der Waals surface area contributed by atoms with Crippen molar-refractivity contribution in [1.82, 2.24) is 0 Å². The monoisotopic (exact) mass is 1010 g/mol. The van der Waals surface area contributed by atoms with Crippen molar-refractivity contribution in [3.8, 4) is 57.5 Å². The van der Waals surface area contributed by atoms with Crippen LogP contribution in [0.3, 0.4) is 0 Å².